The zero-order valence-electron chi connectivity index (χ0n) is 12.8. The predicted molar refractivity (Wildman–Crippen MR) is 89.5 cm³/mol. The molecule has 0 saturated carbocycles. The first kappa shape index (κ1) is 18.0. The fourth-order valence-electron chi connectivity index (χ4n) is 1.90. The van der Waals surface area contributed by atoms with Gasteiger partial charge in [-0.2, -0.15) is 5.10 Å². The number of nitrogens with zero attached hydrogens (tertiary/aromatic N) is 2. The molecule has 25 heavy (non-hydrogen) atoms. The Bertz CT molecular complexity index is 869. The van der Waals surface area contributed by atoms with Crippen LogP contribution in [0.1, 0.15) is 15.9 Å². The highest BCUT2D eigenvalue weighted by atomic mass is 35.5. The molecule has 0 aromatic heterocycles. The molecule has 0 heterocycles. The van der Waals surface area contributed by atoms with Gasteiger partial charge in [0.2, 0.25) is 5.75 Å². The number of nitro groups is 1. The second kappa shape index (κ2) is 7.49. The van der Waals surface area contributed by atoms with E-state index in [0.717, 1.165) is 12.3 Å². The third-order valence-electron chi connectivity index (χ3n) is 3.08. The number of nitro benzene ring substituents is 1. The first-order valence-electron chi connectivity index (χ1n) is 6.70. The molecule has 130 valence electrons. The second-order valence-electron chi connectivity index (χ2n) is 4.71. The monoisotopic (exact) mass is 365 g/mol. The average Bonchev–Trinajstić information content (AvgIpc) is 2.57. The summed E-state index contributed by atoms with van der Waals surface area (Å²) in [6.45, 7) is 0. The number of halogens is 1. The molecule has 1 amide bonds. The summed E-state index contributed by atoms with van der Waals surface area (Å²) in [4.78, 5) is 22.1. The maximum Gasteiger partial charge on any atom is 0.315 e. The van der Waals surface area contributed by atoms with Gasteiger partial charge in [0, 0.05) is 16.7 Å². The van der Waals surface area contributed by atoms with Crippen LogP contribution in [0.5, 0.6) is 17.2 Å². The minimum Gasteiger partial charge on any atom is -0.507 e. The van der Waals surface area contributed by atoms with Crippen LogP contribution < -0.4 is 10.2 Å². The van der Waals surface area contributed by atoms with Crippen LogP contribution in [0.3, 0.4) is 0 Å². The molecular weight excluding hydrogens is 354 g/mol. The van der Waals surface area contributed by atoms with Gasteiger partial charge in [-0.15, -0.1) is 0 Å². The van der Waals surface area contributed by atoms with Gasteiger partial charge in [-0.25, -0.2) is 5.43 Å². The first-order valence-corrected chi connectivity index (χ1v) is 7.08. The van der Waals surface area contributed by atoms with E-state index in [9.17, 15) is 25.1 Å². The molecule has 0 fully saturated rings. The van der Waals surface area contributed by atoms with Crippen LogP contribution in [0.25, 0.3) is 0 Å². The van der Waals surface area contributed by atoms with E-state index in [1.165, 1.54) is 31.4 Å². The largest absolute Gasteiger partial charge is 0.507 e. The number of methoxy groups -OCH3 is 1. The molecule has 2 rings (SSSR count). The third kappa shape index (κ3) is 4.15. The molecule has 9 nitrogen and oxygen atoms in total. The minimum absolute atomic E-state index is 0.0843. The van der Waals surface area contributed by atoms with Gasteiger partial charge in [-0.3, -0.25) is 14.9 Å². The van der Waals surface area contributed by atoms with E-state index in [1.54, 1.807) is 0 Å². The number of aromatic hydroxyl groups is 2. The quantitative estimate of drug-likeness (QED) is 0.423. The molecule has 0 unspecified atom stereocenters. The number of rotatable bonds is 5. The predicted octanol–water partition coefficient (Wildman–Crippen LogP) is 2.43. The van der Waals surface area contributed by atoms with Gasteiger partial charge in [0.25, 0.3) is 5.91 Å². The van der Waals surface area contributed by atoms with Gasteiger partial charge in [0.05, 0.1) is 23.8 Å². The Morgan fingerprint density at radius 3 is 2.72 bits per heavy atom. The molecule has 0 radical (unpaired) electrons. The standard InChI is InChI=1S/C15H12ClN3O6/c1-25-13-5-8(4-11(14(13)21)19(23)24)7-17-18-15(22)10-6-9(16)2-3-12(10)20/h2-7,20-21H,1H3,(H,18,22)/b17-7+. The topological polar surface area (TPSA) is 134 Å². The van der Waals surface area contributed by atoms with Crippen molar-refractivity contribution in [2.75, 3.05) is 7.11 Å². The van der Waals surface area contributed by atoms with Gasteiger partial charge in [0.1, 0.15) is 5.75 Å². The van der Waals surface area contributed by atoms with Crippen molar-refractivity contribution < 1.29 is 24.7 Å². The van der Waals surface area contributed by atoms with E-state index in [2.05, 4.69) is 10.5 Å². The number of hydrogen-bond acceptors (Lipinski definition) is 7. The van der Waals surface area contributed by atoms with Crippen molar-refractivity contribution in [2.45, 2.75) is 0 Å². The zero-order valence-corrected chi connectivity index (χ0v) is 13.5. The summed E-state index contributed by atoms with van der Waals surface area (Å²) in [5, 5.41) is 34.1. The van der Waals surface area contributed by atoms with Gasteiger partial charge in [-0.05, 0) is 24.3 Å². The van der Waals surface area contributed by atoms with E-state index in [0.29, 0.717) is 0 Å². The van der Waals surface area contributed by atoms with Crippen molar-refractivity contribution in [1.82, 2.24) is 5.43 Å². The Balaban J connectivity index is 2.22. The number of carbonyl (C=O) groups is 1. The summed E-state index contributed by atoms with van der Waals surface area (Å²) in [7, 11) is 1.24. The Morgan fingerprint density at radius 2 is 2.08 bits per heavy atom. The number of nitrogens with one attached hydrogen (secondary N) is 1. The summed E-state index contributed by atoms with van der Waals surface area (Å²) in [6, 6.07) is 6.29. The van der Waals surface area contributed by atoms with Gasteiger partial charge in [0.15, 0.2) is 5.75 Å². The Kier molecular flexibility index (Phi) is 5.40. The molecule has 0 bridgehead atoms. The van der Waals surface area contributed by atoms with Crippen molar-refractivity contribution in [2.24, 2.45) is 5.10 Å². The highest BCUT2D eigenvalue weighted by Crippen LogP contribution is 2.36. The fourth-order valence-corrected chi connectivity index (χ4v) is 2.07. The molecule has 2 aromatic carbocycles. The maximum atomic E-state index is 11.9. The Labute approximate surface area is 146 Å². The molecule has 0 saturated heterocycles. The van der Waals surface area contributed by atoms with Crippen LogP contribution in [0.15, 0.2) is 35.4 Å². The number of hydrogen-bond donors (Lipinski definition) is 3. The van der Waals surface area contributed by atoms with Crippen molar-refractivity contribution in [3.05, 3.63) is 56.6 Å². The van der Waals surface area contributed by atoms with E-state index < -0.39 is 22.3 Å². The summed E-state index contributed by atoms with van der Waals surface area (Å²) in [5.41, 5.74) is 1.71. The van der Waals surface area contributed by atoms with Crippen LogP contribution >= 0.6 is 11.6 Å². The first-order chi connectivity index (χ1) is 11.8. The lowest BCUT2D eigenvalue weighted by molar-refractivity contribution is -0.386. The third-order valence-corrected chi connectivity index (χ3v) is 3.31. The van der Waals surface area contributed by atoms with Crippen LogP contribution in [0.2, 0.25) is 5.02 Å². The maximum absolute atomic E-state index is 11.9. The minimum atomic E-state index is -0.780. The summed E-state index contributed by atoms with van der Waals surface area (Å²) in [6.07, 6.45) is 1.12. The normalized spacial score (nSPS) is 10.6. The lowest BCUT2D eigenvalue weighted by Crippen LogP contribution is -2.17. The summed E-state index contributed by atoms with van der Waals surface area (Å²) >= 11 is 5.76. The van der Waals surface area contributed by atoms with Crippen LogP contribution in [-0.4, -0.2) is 34.4 Å². The smallest absolute Gasteiger partial charge is 0.315 e. The molecule has 0 aliphatic heterocycles. The number of ether oxygens (including phenoxy) is 1. The SMILES string of the molecule is COc1cc(/C=N/NC(=O)c2cc(Cl)ccc2O)cc([N+](=O)[O-])c1O. The van der Waals surface area contributed by atoms with Crippen molar-refractivity contribution in [1.29, 1.82) is 0 Å². The van der Waals surface area contributed by atoms with Crippen molar-refractivity contribution in [3.63, 3.8) is 0 Å². The number of amides is 1. The number of phenols is 2. The van der Waals surface area contributed by atoms with Crippen LogP contribution in [0.4, 0.5) is 5.69 Å². The van der Waals surface area contributed by atoms with E-state index in [-0.39, 0.29) is 27.6 Å². The number of benzene rings is 2. The zero-order chi connectivity index (χ0) is 18.6. The van der Waals surface area contributed by atoms with Gasteiger partial charge >= 0.3 is 5.69 Å². The molecule has 10 heteroatoms. The summed E-state index contributed by atoms with van der Waals surface area (Å²) < 4.78 is 4.85. The van der Waals surface area contributed by atoms with Gasteiger partial charge in [-0.1, -0.05) is 11.6 Å². The number of phenolic OH excluding ortho intramolecular Hbond substituents is 2. The van der Waals surface area contributed by atoms with E-state index >= 15 is 0 Å². The number of hydrazone groups is 1. The van der Waals surface area contributed by atoms with E-state index in [4.69, 9.17) is 16.3 Å². The Morgan fingerprint density at radius 1 is 1.36 bits per heavy atom. The lowest BCUT2D eigenvalue weighted by Gasteiger charge is -2.05. The second-order valence-corrected chi connectivity index (χ2v) is 5.15. The molecule has 3 N–H and O–H groups in total. The lowest BCUT2D eigenvalue weighted by atomic mass is 10.2. The molecule has 0 aliphatic rings. The molecular formula is C15H12ClN3O6. The van der Waals surface area contributed by atoms with Gasteiger partial charge < -0.3 is 14.9 Å². The molecule has 0 atom stereocenters. The van der Waals surface area contributed by atoms with Crippen molar-refractivity contribution in [3.8, 4) is 17.2 Å². The van der Waals surface area contributed by atoms with E-state index in [1.807, 2.05) is 0 Å². The fraction of sp³-hybridized carbons (Fsp3) is 0.0667. The molecule has 0 aliphatic carbocycles. The van der Waals surface area contributed by atoms with Crippen LogP contribution in [-0.2, 0) is 0 Å². The molecule has 2 aromatic rings. The van der Waals surface area contributed by atoms with Crippen LogP contribution in [0, 0.1) is 10.1 Å². The summed E-state index contributed by atoms with van der Waals surface area (Å²) in [5.74, 6) is -1.73. The average molecular weight is 366 g/mol. The highest BCUT2D eigenvalue weighted by molar-refractivity contribution is 6.31. The number of carbonyl (C=O) groups excluding carboxylic acids is 1. The van der Waals surface area contributed by atoms with Crippen molar-refractivity contribution >= 4 is 29.4 Å². The molecule has 0 spiro atoms. The Hall–Kier alpha value is -3.33. The highest BCUT2D eigenvalue weighted by Gasteiger charge is 2.19.